The van der Waals surface area contributed by atoms with E-state index in [2.05, 4.69) is 86.2 Å². The molecule has 0 atom stereocenters. The molecule has 12 rings (SSSR count). The maximum Gasteiger partial charge on any atom is 1.00 e. The van der Waals surface area contributed by atoms with Crippen molar-refractivity contribution in [3.8, 4) is 47.3 Å². The number of nitrogens with one attached hydrogen (secondary N) is 1. The van der Waals surface area contributed by atoms with Gasteiger partial charge in [-0.25, -0.2) is 39.1 Å². The van der Waals surface area contributed by atoms with E-state index in [0.29, 0.717) is 131 Å². The molecule has 0 spiro atoms. The summed E-state index contributed by atoms with van der Waals surface area (Å²) in [6.45, 7) is 24.8. The molecule has 0 unspecified atom stereocenters. The summed E-state index contributed by atoms with van der Waals surface area (Å²) in [5, 5.41) is 40.7. The van der Waals surface area contributed by atoms with Gasteiger partial charge in [0.05, 0.1) is 37.8 Å². The molecule has 0 bridgehead atoms. The van der Waals surface area contributed by atoms with Crippen molar-refractivity contribution in [3.63, 3.8) is 0 Å². The number of carbonyl (C=O) groups is 6. The summed E-state index contributed by atoms with van der Waals surface area (Å²) in [6, 6.07) is 9.95. The fourth-order valence-electron chi connectivity index (χ4n) is 15.3. The molecule has 6 aromatic rings. The number of carbonyl (C=O) groups excluding carboxylic acids is 3. The van der Waals surface area contributed by atoms with Gasteiger partial charge in [0.2, 0.25) is 34.2 Å². The van der Waals surface area contributed by atoms with Gasteiger partial charge in [-0.1, -0.05) is 67.9 Å². The number of halogens is 3. The van der Waals surface area contributed by atoms with Crippen LogP contribution in [0.1, 0.15) is 282 Å². The summed E-state index contributed by atoms with van der Waals surface area (Å²) < 4.78 is 12.0. The Balaban J connectivity index is 0.000000230. The van der Waals surface area contributed by atoms with E-state index in [-0.39, 0.29) is 144 Å². The van der Waals surface area contributed by atoms with Gasteiger partial charge < -0.3 is 46.0 Å². The number of aliphatic hydroxyl groups is 1. The third-order valence-corrected chi connectivity index (χ3v) is 25.1. The van der Waals surface area contributed by atoms with Crippen LogP contribution in [0.4, 0.5) is 17.1 Å². The van der Waals surface area contributed by atoms with Crippen LogP contribution in [0, 0.1) is 87.3 Å². The first-order chi connectivity index (χ1) is 54.3. The molecule has 6 aromatic heterocycles. The van der Waals surface area contributed by atoms with Crippen LogP contribution in [-0.4, -0.2) is 122 Å². The number of nitrogens with zero attached hydrogens (tertiary/aromatic N) is 8. The molecule has 622 valence electrons. The summed E-state index contributed by atoms with van der Waals surface area (Å²) in [6.07, 6.45) is 23.4. The second kappa shape index (κ2) is 43.3. The maximum atomic E-state index is 14.1. The average molecular weight is 1720 g/mol. The molecule has 0 radical (unpaired) electrons. The molecule has 6 aliphatic rings. The Morgan fingerprint density at radius 2 is 0.776 bits per heavy atom. The zero-order chi connectivity index (χ0) is 83.6. The smallest absolute Gasteiger partial charge is 1.00 e. The largest absolute Gasteiger partial charge is 1.00 e. The summed E-state index contributed by atoms with van der Waals surface area (Å²) in [5.41, 5.74) is 0.345. The Labute approximate surface area is 733 Å². The van der Waals surface area contributed by atoms with Crippen LogP contribution in [-0.2, 0) is 14.4 Å². The van der Waals surface area contributed by atoms with Crippen LogP contribution < -0.4 is 59.4 Å². The molecule has 29 heteroatoms. The summed E-state index contributed by atoms with van der Waals surface area (Å²) in [5.74, 6) is 18.4. The second-order valence-electron chi connectivity index (χ2n) is 34.5. The van der Waals surface area contributed by atoms with Crippen molar-refractivity contribution in [1.82, 2.24) is 29.9 Å². The van der Waals surface area contributed by atoms with Crippen LogP contribution in [0.5, 0.6) is 11.8 Å². The SMILES string of the molecule is CC1CCC(C(=O)N(c2cc(C#CC(C)(C)C)sc2C(=O)O)C2CCC(O)CC2)CC1.CC1CCC(C(=O)N(c2cc(C#CC(C)(C)C)sc2C(=O)O)C2CCC(Oc3ccnc(=O)[nH]3)CC2)CC1.CC1CCC(C(=O)N(c2cc(C#CC(C)(C)C)sc2C(=O)O)C2CCC(Oc3ccnc(Cl)n3)CC2)CC1.Clc1ccnc(Cl)n1.[H-].[Na+]. The van der Waals surface area contributed by atoms with Crippen LogP contribution in [0.15, 0.2) is 59.8 Å². The normalized spacial score (nSPS) is 23.3. The molecule has 0 aromatic carbocycles. The topological polar surface area (TPSA) is 309 Å². The molecule has 3 amide bonds. The van der Waals surface area contributed by atoms with Crippen molar-refractivity contribution in [2.75, 3.05) is 14.7 Å². The number of amides is 3. The molecular weight excluding hydrogens is 1600 g/mol. The zero-order valence-electron chi connectivity index (χ0n) is 70.0. The standard InChI is InChI=1S/C29H36ClN3O4S.C29H37N3O5S.C25H35NO4S.C4H2Cl2N2.Na.H/c1-18-5-7-19(8-6-18)26(34)33(23-17-22(13-15-29(2,3)4)38-25(23)27(35)36)20-9-11-21(12-10-20)37-24-14-16-31-28(30)32-24;1-18-5-7-19(8-6-18)26(33)32(23-17-22(13-15-29(2,3)4)38-25(23)27(34)35)20-9-11-21(12-10-20)37-24-14-16-30-28(36)31-24;1-16-5-7-17(8-6-16)23(28)26(18-9-11-19(27)12-10-18)21-15-20(13-14-25(2,3)4)31-22(21)24(29)30;5-3-1-2-7-4(6)8-3;;/h14,16-21H,5-12H2,1-4H3,(H,35,36);14,16-21H,5-12H2,1-4H3,(H,34,35)(H,30,31,36);15-19,27H,5-12H2,1-4H3,(H,29,30);1-2H;;/q;;;;+1;-1. The fourth-order valence-corrected chi connectivity index (χ4v) is 18.3. The van der Waals surface area contributed by atoms with Crippen molar-refractivity contribution >= 4 is 122 Å². The van der Waals surface area contributed by atoms with Crippen molar-refractivity contribution in [3.05, 3.63) is 110 Å². The fraction of sp³-hybridized carbons (Fsp3) is 0.586. The van der Waals surface area contributed by atoms with Crippen molar-refractivity contribution in [1.29, 1.82) is 0 Å². The van der Waals surface area contributed by atoms with Gasteiger partial charge in [-0.05, 0) is 282 Å². The minimum atomic E-state index is -1.04. The molecule has 6 heterocycles. The van der Waals surface area contributed by atoms with Crippen molar-refractivity contribution in [2.24, 2.45) is 51.8 Å². The average Bonchev–Trinajstić information content (AvgIpc) is 1.67. The van der Waals surface area contributed by atoms with Gasteiger partial charge in [-0.15, -0.1) is 34.0 Å². The number of hydrogen-bond acceptors (Lipinski definition) is 18. The van der Waals surface area contributed by atoms with E-state index >= 15 is 0 Å². The molecule has 116 heavy (non-hydrogen) atoms. The summed E-state index contributed by atoms with van der Waals surface area (Å²) >= 11 is 20.1. The Bertz CT molecular complexity index is 4590. The number of carboxylic acid groups (broad SMARTS) is 3. The van der Waals surface area contributed by atoms with E-state index < -0.39 is 23.6 Å². The second-order valence-corrected chi connectivity index (χ2v) is 38.7. The van der Waals surface area contributed by atoms with Crippen LogP contribution >= 0.6 is 68.8 Å². The van der Waals surface area contributed by atoms with Gasteiger partial charge in [0.25, 0.3) is 0 Å². The molecule has 5 N–H and O–H groups in total. The number of aromatic nitrogens is 6. The number of carboxylic acids is 3. The third kappa shape index (κ3) is 28.6. The molecular formula is C87H111Cl3N9NaO13S3. The quantitative estimate of drug-likeness (QED) is 0.0260. The number of ether oxygens (including phenoxy) is 2. The number of hydrogen-bond donors (Lipinski definition) is 5. The minimum Gasteiger partial charge on any atom is -1.00 e. The van der Waals surface area contributed by atoms with E-state index in [1.165, 1.54) is 12.4 Å². The Hall–Kier alpha value is -6.93. The third-order valence-electron chi connectivity index (χ3n) is 21.5. The Morgan fingerprint density at radius 1 is 0.457 bits per heavy atom. The molecule has 22 nitrogen and oxygen atoms in total. The molecule has 6 fully saturated rings. The monoisotopic (exact) mass is 1710 g/mol. The Morgan fingerprint density at radius 3 is 1.08 bits per heavy atom. The number of aromatic carboxylic acids is 3. The van der Waals surface area contributed by atoms with Crippen molar-refractivity contribution < 1.29 is 89.7 Å². The number of thiophene rings is 3. The molecule has 0 saturated heterocycles. The summed E-state index contributed by atoms with van der Waals surface area (Å²) in [7, 11) is 0. The van der Waals surface area contributed by atoms with Gasteiger partial charge in [0, 0.05) is 82.8 Å². The van der Waals surface area contributed by atoms with E-state index in [1.54, 1.807) is 51.2 Å². The number of aromatic amines is 1. The van der Waals surface area contributed by atoms with Crippen molar-refractivity contribution in [2.45, 2.75) is 274 Å². The number of aliphatic hydroxyl groups excluding tert-OH is 1. The van der Waals surface area contributed by atoms with Gasteiger partial charge in [0.15, 0.2) is 5.88 Å². The zero-order valence-corrected chi connectivity index (χ0v) is 75.7. The molecule has 6 aliphatic carbocycles. The molecule has 0 aliphatic heterocycles. The van der Waals surface area contributed by atoms with E-state index in [4.69, 9.17) is 44.3 Å². The first kappa shape index (κ1) is 94.6. The maximum absolute atomic E-state index is 14.1. The number of anilines is 3. The first-order valence-corrected chi connectivity index (χ1v) is 43.8. The van der Waals surface area contributed by atoms with Crippen LogP contribution in [0.3, 0.4) is 0 Å². The van der Waals surface area contributed by atoms with Crippen LogP contribution in [0.2, 0.25) is 15.7 Å². The molecule has 6 saturated carbocycles. The van der Waals surface area contributed by atoms with Gasteiger partial charge in [-0.2, -0.15) is 4.98 Å². The predicted octanol–water partition coefficient (Wildman–Crippen LogP) is 16.5. The van der Waals surface area contributed by atoms with Gasteiger partial charge in [-0.3, -0.25) is 19.4 Å². The minimum absolute atomic E-state index is 0. The van der Waals surface area contributed by atoms with E-state index in [1.807, 2.05) is 68.4 Å². The predicted molar refractivity (Wildman–Crippen MR) is 455 cm³/mol. The van der Waals surface area contributed by atoms with Gasteiger partial charge in [0.1, 0.15) is 32.0 Å². The number of H-pyrrole nitrogens is 1. The van der Waals surface area contributed by atoms with Gasteiger partial charge >= 0.3 is 53.2 Å². The Kier molecular flexibility index (Phi) is 35.3. The number of rotatable bonds is 16. The first-order valence-electron chi connectivity index (χ1n) is 40.2. The van der Waals surface area contributed by atoms with E-state index in [0.717, 1.165) is 124 Å². The summed E-state index contributed by atoms with van der Waals surface area (Å²) in [4.78, 5) is 119. The van der Waals surface area contributed by atoms with E-state index in [9.17, 15) is 54.0 Å². The van der Waals surface area contributed by atoms with Crippen LogP contribution in [0.25, 0.3) is 0 Å².